The normalized spacial score (nSPS) is 19.3. The highest BCUT2D eigenvalue weighted by Crippen LogP contribution is 2.31. The third-order valence-corrected chi connectivity index (χ3v) is 4.48. The predicted molar refractivity (Wildman–Crippen MR) is 78.2 cm³/mol. The lowest BCUT2D eigenvalue weighted by molar-refractivity contribution is -0.129. The molecule has 7 heteroatoms. The lowest BCUT2D eigenvalue weighted by atomic mass is 10.2. The van der Waals surface area contributed by atoms with Crippen molar-refractivity contribution in [2.24, 2.45) is 0 Å². The molecule has 1 aromatic carbocycles. The molecule has 1 unspecified atom stereocenters. The Labute approximate surface area is 128 Å². The van der Waals surface area contributed by atoms with Gasteiger partial charge in [0.25, 0.3) is 0 Å². The molecule has 3 rings (SSSR count). The number of amides is 1. The van der Waals surface area contributed by atoms with Gasteiger partial charge in [0.05, 0.1) is 21.4 Å². The molecule has 20 heavy (non-hydrogen) atoms. The van der Waals surface area contributed by atoms with Gasteiger partial charge < -0.3 is 9.47 Å². The molecule has 106 valence electrons. The maximum Gasteiger partial charge on any atom is 0.245 e. The first-order chi connectivity index (χ1) is 9.52. The molecule has 0 bridgehead atoms. The summed E-state index contributed by atoms with van der Waals surface area (Å²) in [6, 6.07) is 2.66. The molecule has 2 heterocycles. The lowest BCUT2D eigenvalue weighted by Gasteiger charge is -2.15. The van der Waals surface area contributed by atoms with Crippen molar-refractivity contribution in [2.75, 3.05) is 13.6 Å². The summed E-state index contributed by atoms with van der Waals surface area (Å²) in [5.41, 5.74) is 1.24. The van der Waals surface area contributed by atoms with Crippen LogP contribution in [0.2, 0.25) is 0 Å². The number of likely N-dealkylation sites (tertiary alicyclic amines) is 1. The third-order valence-electron chi connectivity index (χ3n) is 3.64. The number of alkyl halides is 1. The smallest absolute Gasteiger partial charge is 0.245 e. The highest BCUT2D eigenvalue weighted by molar-refractivity contribution is 9.10. The van der Waals surface area contributed by atoms with Crippen molar-refractivity contribution in [3.63, 3.8) is 0 Å². The lowest BCUT2D eigenvalue weighted by Crippen LogP contribution is -2.25. The standard InChI is InChI=1S/C13H12BrClFN3O/c1-18-3-2-10(13(18)20)19-11-5-8(16)7(14)4-9(11)17-12(19)6-15/h4-5,10H,2-3,6H2,1H3. The van der Waals surface area contributed by atoms with Gasteiger partial charge in [-0.2, -0.15) is 0 Å². The molecule has 0 saturated carbocycles. The first-order valence-electron chi connectivity index (χ1n) is 6.19. The van der Waals surface area contributed by atoms with Gasteiger partial charge in [-0.05, 0) is 28.4 Å². The van der Waals surface area contributed by atoms with E-state index in [4.69, 9.17) is 11.6 Å². The van der Waals surface area contributed by atoms with Gasteiger partial charge in [0.15, 0.2) is 0 Å². The summed E-state index contributed by atoms with van der Waals surface area (Å²) < 4.78 is 15.9. The van der Waals surface area contributed by atoms with Crippen LogP contribution in [0.25, 0.3) is 11.0 Å². The van der Waals surface area contributed by atoms with Crippen molar-refractivity contribution in [2.45, 2.75) is 18.3 Å². The maximum absolute atomic E-state index is 13.8. The average Bonchev–Trinajstić information content (AvgIpc) is 2.92. The molecular weight excluding hydrogens is 349 g/mol. The Kier molecular flexibility index (Phi) is 3.46. The van der Waals surface area contributed by atoms with Crippen LogP contribution in [-0.2, 0) is 10.7 Å². The summed E-state index contributed by atoms with van der Waals surface area (Å²) in [6.45, 7) is 0.684. The zero-order chi connectivity index (χ0) is 14.4. The van der Waals surface area contributed by atoms with Crippen LogP contribution in [0, 0.1) is 5.82 Å². The number of carbonyl (C=O) groups is 1. The second-order valence-electron chi connectivity index (χ2n) is 4.85. The molecular formula is C13H12BrClFN3O. The number of hydrogen-bond donors (Lipinski definition) is 0. The van der Waals surface area contributed by atoms with Gasteiger partial charge in [-0.1, -0.05) is 0 Å². The molecule has 1 fully saturated rings. The predicted octanol–water partition coefficient (Wildman–Crippen LogP) is 3.08. The topological polar surface area (TPSA) is 38.1 Å². The van der Waals surface area contributed by atoms with E-state index in [0.717, 1.165) is 0 Å². The number of fused-ring (bicyclic) bond motifs is 1. The van der Waals surface area contributed by atoms with Crippen LogP contribution in [0.5, 0.6) is 0 Å². The summed E-state index contributed by atoms with van der Waals surface area (Å²) in [4.78, 5) is 18.3. The van der Waals surface area contributed by atoms with E-state index in [-0.39, 0.29) is 23.6 Å². The molecule has 0 aliphatic carbocycles. The second-order valence-corrected chi connectivity index (χ2v) is 5.97. The monoisotopic (exact) mass is 359 g/mol. The Bertz CT molecular complexity index is 702. The fourth-order valence-electron chi connectivity index (χ4n) is 2.63. The van der Waals surface area contributed by atoms with Crippen molar-refractivity contribution in [3.8, 4) is 0 Å². The second kappa shape index (κ2) is 5.00. The van der Waals surface area contributed by atoms with Crippen LogP contribution in [0.15, 0.2) is 16.6 Å². The van der Waals surface area contributed by atoms with Crippen LogP contribution < -0.4 is 0 Å². The first kappa shape index (κ1) is 13.8. The molecule has 0 N–H and O–H groups in total. The number of rotatable bonds is 2. The number of halogens is 3. The van der Waals surface area contributed by atoms with Crippen molar-refractivity contribution < 1.29 is 9.18 Å². The Balaban J connectivity index is 2.23. The molecule has 1 aliphatic heterocycles. The number of benzene rings is 1. The average molecular weight is 361 g/mol. The first-order valence-corrected chi connectivity index (χ1v) is 7.52. The summed E-state index contributed by atoms with van der Waals surface area (Å²) in [7, 11) is 1.76. The van der Waals surface area contributed by atoms with Crippen LogP contribution >= 0.6 is 27.5 Å². The largest absolute Gasteiger partial charge is 0.344 e. The van der Waals surface area contributed by atoms with Gasteiger partial charge in [0, 0.05) is 19.7 Å². The van der Waals surface area contributed by atoms with Gasteiger partial charge >= 0.3 is 0 Å². The van der Waals surface area contributed by atoms with Crippen LogP contribution in [-0.4, -0.2) is 34.0 Å². The molecule has 1 atom stereocenters. The SMILES string of the molecule is CN1CCC(n2c(CCl)nc3cc(Br)c(F)cc32)C1=O. The number of nitrogens with zero attached hydrogens (tertiary/aromatic N) is 3. The fraction of sp³-hybridized carbons (Fsp3) is 0.385. The third kappa shape index (κ3) is 2.02. The van der Waals surface area contributed by atoms with E-state index >= 15 is 0 Å². The Morgan fingerprint density at radius 2 is 2.30 bits per heavy atom. The quantitative estimate of drug-likeness (QED) is 0.772. The number of hydrogen-bond acceptors (Lipinski definition) is 2. The molecule has 1 aromatic heterocycles. The summed E-state index contributed by atoms with van der Waals surface area (Å²) in [5.74, 6) is 0.409. The van der Waals surface area contributed by atoms with Crippen molar-refractivity contribution in [1.29, 1.82) is 0 Å². The zero-order valence-corrected chi connectivity index (χ0v) is 13.1. The summed E-state index contributed by atoms with van der Waals surface area (Å²) >= 11 is 9.08. The molecule has 1 amide bonds. The van der Waals surface area contributed by atoms with E-state index in [1.54, 1.807) is 22.6 Å². The maximum atomic E-state index is 13.8. The van der Waals surface area contributed by atoms with Crippen LogP contribution in [0.1, 0.15) is 18.3 Å². The molecule has 2 aromatic rings. The van der Waals surface area contributed by atoms with Gasteiger partial charge in [-0.3, -0.25) is 4.79 Å². The van der Waals surface area contributed by atoms with Crippen molar-refractivity contribution in [3.05, 3.63) is 28.2 Å². The minimum atomic E-state index is -0.376. The van der Waals surface area contributed by atoms with Crippen molar-refractivity contribution in [1.82, 2.24) is 14.5 Å². The van der Waals surface area contributed by atoms with E-state index in [1.807, 2.05) is 0 Å². The summed E-state index contributed by atoms with van der Waals surface area (Å²) in [5, 5.41) is 0. The molecule has 1 saturated heterocycles. The highest BCUT2D eigenvalue weighted by atomic mass is 79.9. The Morgan fingerprint density at radius 3 is 2.90 bits per heavy atom. The highest BCUT2D eigenvalue weighted by Gasteiger charge is 2.33. The van der Waals surface area contributed by atoms with Crippen LogP contribution in [0.3, 0.4) is 0 Å². The van der Waals surface area contributed by atoms with E-state index in [0.29, 0.717) is 34.3 Å². The molecule has 1 aliphatic rings. The van der Waals surface area contributed by atoms with Crippen molar-refractivity contribution >= 4 is 44.5 Å². The van der Waals surface area contributed by atoms with Gasteiger partial charge in [-0.25, -0.2) is 9.37 Å². The number of carbonyl (C=O) groups excluding carboxylic acids is 1. The number of imidazole rings is 1. The summed E-state index contributed by atoms with van der Waals surface area (Å²) in [6.07, 6.45) is 0.683. The molecule has 0 radical (unpaired) electrons. The molecule has 4 nitrogen and oxygen atoms in total. The Morgan fingerprint density at radius 1 is 1.55 bits per heavy atom. The van der Waals surface area contributed by atoms with Gasteiger partial charge in [0.2, 0.25) is 5.91 Å². The van der Waals surface area contributed by atoms with Gasteiger partial charge in [0.1, 0.15) is 17.7 Å². The number of aromatic nitrogens is 2. The Hall–Kier alpha value is -1.14. The minimum Gasteiger partial charge on any atom is -0.344 e. The molecule has 0 spiro atoms. The minimum absolute atomic E-state index is 0.0130. The van der Waals surface area contributed by atoms with E-state index in [1.165, 1.54) is 6.07 Å². The van der Waals surface area contributed by atoms with Gasteiger partial charge in [-0.15, -0.1) is 11.6 Å². The fourth-order valence-corrected chi connectivity index (χ4v) is 3.15. The van der Waals surface area contributed by atoms with E-state index in [9.17, 15) is 9.18 Å². The number of likely N-dealkylation sites (N-methyl/N-ethyl adjacent to an activating group) is 1. The van der Waals surface area contributed by atoms with E-state index in [2.05, 4.69) is 20.9 Å². The zero-order valence-electron chi connectivity index (χ0n) is 10.7. The van der Waals surface area contributed by atoms with E-state index < -0.39 is 0 Å². The van der Waals surface area contributed by atoms with Crippen LogP contribution in [0.4, 0.5) is 4.39 Å².